The van der Waals surface area contributed by atoms with Crippen LogP contribution in [0.25, 0.3) is 0 Å². The van der Waals surface area contributed by atoms with E-state index in [4.69, 9.17) is 11.0 Å². The van der Waals surface area contributed by atoms with Crippen LogP contribution >= 0.6 is 0 Å². The second-order valence-corrected chi connectivity index (χ2v) is 4.17. The Morgan fingerprint density at radius 3 is 3.00 bits per heavy atom. The van der Waals surface area contributed by atoms with Crippen LogP contribution in [0.5, 0.6) is 0 Å². The van der Waals surface area contributed by atoms with E-state index in [2.05, 4.69) is 4.90 Å². The lowest BCUT2D eigenvalue weighted by Gasteiger charge is -2.15. The van der Waals surface area contributed by atoms with Gasteiger partial charge in [-0.15, -0.1) is 0 Å². The maximum Gasteiger partial charge on any atom is 0.145 e. The maximum atomic E-state index is 13.7. The van der Waals surface area contributed by atoms with Crippen molar-refractivity contribution in [3.05, 3.63) is 35.1 Å². The predicted octanol–water partition coefficient (Wildman–Crippen LogP) is 1.23. The Morgan fingerprint density at radius 2 is 2.38 bits per heavy atom. The Hall–Kier alpha value is -1.44. The first-order valence-corrected chi connectivity index (χ1v) is 5.36. The lowest BCUT2D eigenvalue weighted by atomic mass is 10.1. The number of hydrogen-bond acceptors (Lipinski definition) is 3. The Labute approximate surface area is 94.3 Å². The van der Waals surface area contributed by atoms with E-state index in [1.165, 1.54) is 6.07 Å². The molecule has 0 saturated carbocycles. The first-order valence-electron chi connectivity index (χ1n) is 5.36. The van der Waals surface area contributed by atoms with Crippen LogP contribution in [-0.2, 0) is 6.54 Å². The Bertz CT molecular complexity index is 425. The summed E-state index contributed by atoms with van der Waals surface area (Å²) in [7, 11) is 0. The van der Waals surface area contributed by atoms with Crippen LogP contribution in [0.4, 0.5) is 4.39 Å². The molecule has 1 fully saturated rings. The summed E-state index contributed by atoms with van der Waals surface area (Å²) >= 11 is 0. The normalized spacial score (nSPS) is 20.9. The average molecular weight is 219 g/mol. The van der Waals surface area contributed by atoms with E-state index in [-0.39, 0.29) is 11.6 Å². The number of nitriles is 1. The third kappa shape index (κ3) is 2.21. The smallest absolute Gasteiger partial charge is 0.145 e. The molecule has 1 aliphatic heterocycles. The molecule has 1 saturated heterocycles. The summed E-state index contributed by atoms with van der Waals surface area (Å²) in [6, 6.07) is 6.98. The predicted molar refractivity (Wildman–Crippen MR) is 59.0 cm³/mol. The van der Waals surface area contributed by atoms with Crippen LogP contribution in [-0.4, -0.2) is 24.0 Å². The topological polar surface area (TPSA) is 53.0 Å². The number of nitrogens with two attached hydrogens (primary N) is 1. The van der Waals surface area contributed by atoms with Crippen molar-refractivity contribution in [1.82, 2.24) is 4.90 Å². The molecule has 0 aromatic heterocycles. The van der Waals surface area contributed by atoms with Gasteiger partial charge in [0.25, 0.3) is 0 Å². The molecule has 0 amide bonds. The second-order valence-electron chi connectivity index (χ2n) is 4.17. The fraction of sp³-hybridized carbons (Fsp3) is 0.417. The van der Waals surface area contributed by atoms with Crippen molar-refractivity contribution >= 4 is 0 Å². The van der Waals surface area contributed by atoms with Gasteiger partial charge in [-0.3, -0.25) is 4.90 Å². The lowest BCUT2D eigenvalue weighted by molar-refractivity contribution is 0.321. The van der Waals surface area contributed by atoms with Gasteiger partial charge in [0.05, 0.1) is 5.56 Å². The molecule has 0 aliphatic carbocycles. The Morgan fingerprint density at radius 1 is 1.56 bits per heavy atom. The van der Waals surface area contributed by atoms with Crippen molar-refractivity contribution < 1.29 is 4.39 Å². The zero-order valence-corrected chi connectivity index (χ0v) is 8.99. The van der Waals surface area contributed by atoms with Crippen molar-refractivity contribution in [2.75, 3.05) is 13.1 Å². The Balaban J connectivity index is 2.13. The van der Waals surface area contributed by atoms with E-state index in [0.717, 1.165) is 19.5 Å². The quantitative estimate of drug-likeness (QED) is 0.814. The third-order valence-corrected chi connectivity index (χ3v) is 2.90. The summed E-state index contributed by atoms with van der Waals surface area (Å²) in [6.45, 7) is 2.24. The van der Waals surface area contributed by atoms with Gasteiger partial charge in [-0.1, -0.05) is 12.1 Å². The van der Waals surface area contributed by atoms with Gasteiger partial charge in [-0.05, 0) is 12.5 Å². The average Bonchev–Trinajstić information content (AvgIpc) is 2.67. The summed E-state index contributed by atoms with van der Waals surface area (Å²) in [5.41, 5.74) is 6.47. The highest BCUT2D eigenvalue weighted by Gasteiger charge is 2.20. The summed E-state index contributed by atoms with van der Waals surface area (Å²) in [4.78, 5) is 2.12. The van der Waals surface area contributed by atoms with Gasteiger partial charge in [0.15, 0.2) is 0 Å². The molecule has 4 heteroatoms. The van der Waals surface area contributed by atoms with Gasteiger partial charge >= 0.3 is 0 Å². The molecule has 84 valence electrons. The summed E-state index contributed by atoms with van der Waals surface area (Å²) in [5.74, 6) is -0.398. The number of hydrogen-bond donors (Lipinski definition) is 1. The summed E-state index contributed by atoms with van der Waals surface area (Å²) < 4.78 is 13.7. The van der Waals surface area contributed by atoms with Crippen molar-refractivity contribution in [3.63, 3.8) is 0 Å². The first kappa shape index (κ1) is 11.1. The molecule has 1 heterocycles. The summed E-state index contributed by atoms with van der Waals surface area (Å²) in [5, 5.41) is 8.72. The highest BCUT2D eigenvalue weighted by molar-refractivity contribution is 5.34. The van der Waals surface area contributed by atoms with Crippen LogP contribution in [0.15, 0.2) is 18.2 Å². The molecule has 3 nitrogen and oxygen atoms in total. The molecular formula is C12H14FN3. The number of halogens is 1. The van der Waals surface area contributed by atoms with Crippen LogP contribution in [0.2, 0.25) is 0 Å². The SMILES string of the molecule is N#Cc1cccc(CN2CC[C@@H](N)C2)c1F. The molecule has 2 rings (SSSR count). The van der Waals surface area contributed by atoms with Gasteiger partial charge in [0, 0.05) is 31.2 Å². The van der Waals surface area contributed by atoms with E-state index >= 15 is 0 Å². The monoisotopic (exact) mass is 219 g/mol. The van der Waals surface area contributed by atoms with E-state index in [0.29, 0.717) is 12.1 Å². The summed E-state index contributed by atoms with van der Waals surface area (Å²) in [6.07, 6.45) is 0.958. The molecule has 1 aromatic carbocycles. The zero-order valence-electron chi connectivity index (χ0n) is 8.99. The van der Waals surface area contributed by atoms with Crippen LogP contribution < -0.4 is 5.73 Å². The van der Waals surface area contributed by atoms with E-state index in [9.17, 15) is 4.39 Å². The minimum absolute atomic E-state index is 0.112. The van der Waals surface area contributed by atoms with Crippen molar-refractivity contribution in [3.8, 4) is 6.07 Å². The Kier molecular flexibility index (Phi) is 3.18. The molecule has 1 atom stereocenters. The van der Waals surface area contributed by atoms with Gasteiger partial charge < -0.3 is 5.73 Å². The van der Waals surface area contributed by atoms with Gasteiger partial charge in [-0.2, -0.15) is 5.26 Å². The van der Waals surface area contributed by atoms with Crippen molar-refractivity contribution in [2.24, 2.45) is 5.73 Å². The van der Waals surface area contributed by atoms with Gasteiger partial charge in [0.1, 0.15) is 11.9 Å². The molecular weight excluding hydrogens is 205 g/mol. The second kappa shape index (κ2) is 4.60. The molecule has 0 spiro atoms. The fourth-order valence-electron chi connectivity index (χ4n) is 2.04. The fourth-order valence-corrected chi connectivity index (χ4v) is 2.04. The molecule has 0 radical (unpaired) electrons. The third-order valence-electron chi connectivity index (χ3n) is 2.90. The van der Waals surface area contributed by atoms with Crippen LogP contribution in [0.3, 0.4) is 0 Å². The number of benzene rings is 1. The minimum atomic E-state index is -0.398. The van der Waals surface area contributed by atoms with E-state index in [1.807, 2.05) is 6.07 Å². The van der Waals surface area contributed by atoms with E-state index in [1.54, 1.807) is 12.1 Å². The van der Waals surface area contributed by atoms with Crippen molar-refractivity contribution in [1.29, 1.82) is 5.26 Å². The number of rotatable bonds is 2. The minimum Gasteiger partial charge on any atom is -0.326 e. The highest BCUT2D eigenvalue weighted by Crippen LogP contribution is 2.17. The number of likely N-dealkylation sites (tertiary alicyclic amines) is 1. The molecule has 2 N–H and O–H groups in total. The molecule has 1 aromatic rings. The van der Waals surface area contributed by atoms with Crippen LogP contribution in [0, 0.1) is 17.1 Å². The van der Waals surface area contributed by atoms with Crippen molar-refractivity contribution in [2.45, 2.75) is 19.0 Å². The van der Waals surface area contributed by atoms with Gasteiger partial charge in [0.2, 0.25) is 0 Å². The zero-order chi connectivity index (χ0) is 11.5. The largest absolute Gasteiger partial charge is 0.326 e. The molecule has 16 heavy (non-hydrogen) atoms. The van der Waals surface area contributed by atoms with E-state index < -0.39 is 5.82 Å². The molecule has 0 unspecified atom stereocenters. The van der Waals surface area contributed by atoms with Gasteiger partial charge in [-0.25, -0.2) is 4.39 Å². The molecule has 1 aliphatic rings. The lowest BCUT2D eigenvalue weighted by Crippen LogP contribution is -2.26. The standard InChI is InChI=1S/C12H14FN3/c13-12-9(6-14)2-1-3-10(12)7-16-5-4-11(15)8-16/h1-3,11H,4-5,7-8,15H2/t11-/m1/s1. The first-order chi connectivity index (χ1) is 7.70. The number of nitrogens with zero attached hydrogens (tertiary/aromatic N) is 2. The maximum absolute atomic E-state index is 13.7. The molecule has 0 bridgehead atoms. The van der Waals surface area contributed by atoms with Crippen LogP contribution in [0.1, 0.15) is 17.5 Å². The highest BCUT2D eigenvalue weighted by atomic mass is 19.1.